The first-order chi connectivity index (χ1) is 18.4. The van der Waals surface area contributed by atoms with Gasteiger partial charge in [-0.15, -0.1) is 0 Å². The molecule has 0 unspecified atom stereocenters. The molecule has 7 heteroatoms. The number of imidazole rings is 1. The number of hydrogen-bond donors (Lipinski definition) is 0. The zero-order valence-electron chi connectivity index (χ0n) is 21.2. The van der Waals surface area contributed by atoms with Gasteiger partial charge in [-0.3, -0.25) is 0 Å². The molecule has 0 saturated carbocycles. The van der Waals surface area contributed by atoms with Crippen molar-refractivity contribution in [1.29, 1.82) is 5.26 Å². The highest BCUT2D eigenvalue weighted by atomic mass is 16.5. The Morgan fingerprint density at radius 2 is 1.53 bits per heavy atom. The van der Waals surface area contributed by atoms with E-state index in [2.05, 4.69) is 47.9 Å². The second-order valence-electron chi connectivity index (χ2n) is 7.93. The summed E-state index contributed by atoms with van der Waals surface area (Å²) >= 11 is 0. The summed E-state index contributed by atoms with van der Waals surface area (Å²) in [6, 6.07) is 15.0. The summed E-state index contributed by atoms with van der Waals surface area (Å²) in [6.07, 6.45) is 2.88. The molecule has 188 valence electrons. The molecule has 1 heterocycles. The third-order valence-electron chi connectivity index (χ3n) is 5.49. The molecule has 0 aliphatic carbocycles. The van der Waals surface area contributed by atoms with Crippen LogP contribution in [0.25, 0.3) is 0 Å². The Balaban J connectivity index is 1.88. The van der Waals surface area contributed by atoms with Crippen molar-refractivity contribution in [3.05, 3.63) is 113 Å². The topological polar surface area (TPSA) is 94.2 Å². The number of rotatable bonds is 7. The lowest BCUT2D eigenvalue weighted by Crippen LogP contribution is -2.09. The maximum Gasteiger partial charge on any atom is 0.330 e. The van der Waals surface area contributed by atoms with Crippen LogP contribution in [0, 0.1) is 35.0 Å². The Morgan fingerprint density at radius 3 is 2.16 bits per heavy atom. The molecule has 7 nitrogen and oxygen atoms in total. The number of aryl methyl sites for hydroxylation is 1. The molecule has 0 spiro atoms. The lowest BCUT2D eigenvalue weighted by molar-refractivity contribution is -0.140. The SMILES string of the molecule is C=CC(=O)OCc1nc(C#Cc2ccc(C#Cc3ccc(C#N)cc3)cc2CC)n(C)c1COC(=O)C=C. The Hall–Kier alpha value is -5.32. The van der Waals surface area contributed by atoms with E-state index in [0.29, 0.717) is 22.8 Å². The van der Waals surface area contributed by atoms with Crippen molar-refractivity contribution < 1.29 is 19.1 Å². The summed E-state index contributed by atoms with van der Waals surface area (Å²) < 4.78 is 12.0. The average Bonchev–Trinajstić information content (AvgIpc) is 3.26. The number of esters is 2. The second kappa shape index (κ2) is 13.1. The summed E-state index contributed by atoms with van der Waals surface area (Å²) in [5.74, 6) is 11.8. The van der Waals surface area contributed by atoms with Crippen molar-refractivity contribution in [3.63, 3.8) is 0 Å². The average molecular weight is 504 g/mol. The molecule has 3 rings (SSSR count). The van der Waals surface area contributed by atoms with E-state index in [9.17, 15) is 9.59 Å². The van der Waals surface area contributed by atoms with E-state index < -0.39 is 11.9 Å². The van der Waals surface area contributed by atoms with Gasteiger partial charge in [0.2, 0.25) is 0 Å². The minimum atomic E-state index is -0.590. The van der Waals surface area contributed by atoms with Crippen LogP contribution in [0.1, 0.15) is 52.0 Å². The maximum absolute atomic E-state index is 11.6. The summed E-state index contributed by atoms with van der Waals surface area (Å²) in [6.45, 7) is 8.62. The van der Waals surface area contributed by atoms with E-state index in [4.69, 9.17) is 14.7 Å². The first-order valence-electron chi connectivity index (χ1n) is 11.7. The molecule has 0 atom stereocenters. The minimum absolute atomic E-state index is 0.0795. The van der Waals surface area contributed by atoms with E-state index in [-0.39, 0.29) is 13.2 Å². The minimum Gasteiger partial charge on any atom is -0.456 e. The zero-order chi connectivity index (χ0) is 27.5. The van der Waals surface area contributed by atoms with Gasteiger partial charge in [0.25, 0.3) is 0 Å². The van der Waals surface area contributed by atoms with Crippen LogP contribution in [0.15, 0.2) is 67.8 Å². The molecule has 38 heavy (non-hydrogen) atoms. The number of carbonyl (C=O) groups excluding carboxylic acids is 2. The van der Waals surface area contributed by atoms with Crippen molar-refractivity contribution in [2.45, 2.75) is 26.6 Å². The largest absolute Gasteiger partial charge is 0.456 e. The third-order valence-corrected chi connectivity index (χ3v) is 5.49. The molecule has 1 aromatic heterocycles. The Morgan fingerprint density at radius 1 is 0.921 bits per heavy atom. The number of nitrogens with zero attached hydrogens (tertiary/aromatic N) is 3. The molecule has 0 aliphatic rings. The molecule has 0 bridgehead atoms. The lowest BCUT2D eigenvalue weighted by Gasteiger charge is -2.07. The van der Waals surface area contributed by atoms with Gasteiger partial charge in [0.1, 0.15) is 18.9 Å². The quantitative estimate of drug-likeness (QED) is 0.274. The monoisotopic (exact) mass is 503 g/mol. The van der Waals surface area contributed by atoms with E-state index in [1.54, 1.807) is 23.7 Å². The van der Waals surface area contributed by atoms with Gasteiger partial charge in [-0.05, 0) is 60.4 Å². The van der Waals surface area contributed by atoms with E-state index in [1.807, 2.05) is 37.3 Å². The molecule has 0 radical (unpaired) electrons. The molecule has 0 saturated heterocycles. The fourth-order valence-corrected chi connectivity index (χ4v) is 3.37. The number of nitriles is 1. The first kappa shape index (κ1) is 27.3. The third kappa shape index (κ3) is 7.10. The zero-order valence-corrected chi connectivity index (χ0v) is 21.2. The predicted octanol–water partition coefficient (Wildman–Crippen LogP) is 4.11. The Bertz CT molecular complexity index is 1550. The van der Waals surface area contributed by atoms with Crippen LogP contribution in [-0.4, -0.2) is 21.5 Å². The summed E-state index contributed by atoms with van der Waals surface area (Å²) in [5, 5.41) is 8.93. The number of carbonyl (C=O) groups is 2. The van der Waals surface area contributed by atoms with Crippen LogP contribution >= 0.6 is 0 Å². The Kier molecular flexibility index (Phi) is 9.41. The van der Waals surface area contributed by atoms with Gasteiger partial charge in [0, 0.05) is 35.9 Å². The highest BCUT2D eigenvalue weighted by molar-refractivity contribution is 5.81. The molecular weight excluding hydrogens is 478 g/mol. The van der Waals surface area contributed by atoms with Crippen LogP contribution in [0.3, 0.4) is 0 Å². The van der Waals surface area contributed by atoms with E-state index in [0.717, 1.165) is 40.8 Å². The first-order valence-corrected chi connectivity index (χ1v) is 11.7. The predicted molar refractivity (Wildman–Crippen MR) is 142 cm³/mol. The molecule has 0 aliphatic heterocycles. The highest BCUT2D eigenvalue weighted by Crippen LogP contribution is 2.15. The van der Waals surface area contributed by atoms with Gasteiger partial charge in [0.05, 0.1) is 17.3 Å². The van der Waals surface area contributed by atoms with Crippen molar-refractivity contribution in [2.24, 2.45) is 7.05 Å². The second-order valence-corrected chi connectivity index (χ2v) is 7.93. The summed E-state index contributed by atoms with van der Waals surface area (Å²) in [4.78, 5) is 27.6. The fourth-order valence-electron chi connectivity index (χ4n) is 3.37. The van der Waals surface area contributed by atoms with Gasteiger partial charge < -0.3 is 14.0 Å². The fraction of sp³-hybridized carbons (Fsp3) is 0.161. The van der Waals surface area contributed by atoms with Crippen molar-refractivity contribution >= 4 is 11.9 Å². The van der Waals surface area contributed by atoms with Crippen molar-refractivity contribution in [3.8, 4) is 29.8 Å². The van der Waals surface area contributed by atoms with Crippen molar-refractivity contribution in [2.75, 3.05) is 0 Å². The van der Waals surface area contributed by atoms with Crippen molar-refractivity contribution in [1.82, 2.24) is 9.55 Å². The summed E-state index contributed by atoms with van der Waals surface area (Å²) in [7, 11) is 1.75. The lowest BCUT2D eigenvalue weighted by atomic mass is 10.0. The smallest absolute Gasteiger partial charge is 0.330 e. The van der Waals surface area contributed by atoms with Gasteiger partial charge in [-0.25, -0.2) is 14.6 Å². The molecule has 0 N–H and O–H groups in total. The van der Waals surface area contributed by atoms with Gasteiger partial charge in [-0.1, -0.05) is 37.8 Å². The van der Waals surface area contributed by atoms with Gasteiger partial charge in [-0.2, -0.15) is 5.26 Å². The number of aromatic nitrogens is 2. The number of hydrogen-bond acceptors (Lipinski definition) is 6. The normalized spacial score (nSPS) is 9.61. The standard InChI is InChI=1S/C31H25N3O4/c1-5-25-18-23(11-8-22-9-12-24(19-32)13-10-22)14-15-26(25)16-17-29-33-27(20-37-30(35)6-2)28(34(29)4)21-38-31(36)7-3/h6-7,9-10,12-15,18H,2-3,5,20-21H2,1,4H3. The molecule has 3 aromatic rings. The number of ether oxygens (including phenoxy) is 2. The van der Waals surface area contributed by atoms with E-state index >= 15 is 0 Å². The van der Waals surface area contributed by atoms with Gasteiger partial charge >= 0.3 is 11.9 Å². The van der Waals surface area contributed by atoms with E-state index in [1.165, 1.54) is 0 Å². The van der Waals surface area contributed by atoms with Crippen LogP contribution in [0.4, 0.5) is 0 Å². The molecular formula is C31H25N3O4. The highest BCUT2D eigenvalue weighted by Gasteiger charge is 2.16. The van der Waals surface area contributed by atoms with Crippen LogP contribution < -0.4 is 0 Å². The van der Waals surface area contributed by atoms with Gasteiger partial charge in [0.15, 0.2) is 5.82 Å². The molecule has 0 amide bonds. The van der Waals surface area contributed by atoms with Crippen LogP contribution in [0.5, 0.6) is 0 Å². The van der Waals surface area contributed by atoms with Crippen LogP contribution in [-0.2, 0) is 45.7 Å². The maximum atomic E-state index is 11.6. The van der Waals surface area contributed by atoms with Crippen LogP contribution in [0.2, 0.25) is 0 Å². The Labute approximate surface area is 222 Å². The summed E-state index contributed by atoms with van der Waals surface area (Å²) in [5.41, 5.74) is 5.10. The number of benzene rings is 2. The molecule has 0 fully saturated rings. The molecule has 2 aromatic carbocycles.